The number of rotatable bonds is 6. The summed E-state index contributed by atoms with van der Waals surface area (Å²) in [7, 11) is 2.13. The molecule has 0 spiro atoms. The van der Waals surface area contributed by atoms with Crippen LogP contribution in [-0.4, -0.2) is 47.7 Å². The number of carbonyl (C=O) groups is 1. The Hall–Kier alpha value is -0.610. The van der Waals surface area contributed by atoms with E-state index in [1.165, 1.54) is 0 Å². The van der Waals surface area contributed by atoms with Gasteiger partial charge in [0.15, 0.2) is 0 Å². The van der Waals surface area contributed by atoms with Gasteiger partial charge in [0.1, 0.15) is 5.54 Å². The summed E-state index contributed by atoms with van der Waals surface area (Å²) in [6.07, 6.45) is 4.53. The quantitative estimate of drug-likeness (QED) is 0.787. The molecule has 118 valence electrons. The molecule has 1 aliphatic carbocycles. The second kappa shape index (κ2) is 6.90. The second-order valence-electron chi connectivity index (χ2n) is 7.54. The van der Waals surface area contributed by atoms with Gasteiger partial charge >= 0.3 is 5.97 Å². The fourth-order valence-electron chi connectivity index (χ4n) is 3.29. The van der Waals surface area contributed by atoms with Gasteiger partial charge in [0.2, 0.25) is 0 Å². The SMILES string of the molecule is CCCNC1(C(=O)O)CCCC(N(C)CC(C)(C)C)C1. The molecule has 0 bridgehead atoms. The van der Waals surface area contributed by atoms with Crippen molar-refractivity contribution in [2.75, 3.05) is 20.1 Å². The van der Waals surface area contributed by atoms with Crippen LogP contribution in [0.15, 0.2) is 0 Å². The van der Waals surface area contributed by atoms with Crippen LogP contribution in [-0.2, 0) is 4.79 Å². The third kappa shape index (κ3) is 4.74. The number of hydrogen-bond acceptors (Lipinski definition) is 3. The first-order chi connectivity index (χ1) is 9.20. The maximum absolute atomic E-state index is 11.8. The van der Waals surface area contributed by atoms with Crippen LogP contribution < -0.4 is 5.32 Å². The third-order valence-electron chi connectivity index (χ3n) is 4.19. The predicted octanol–water partition coefficient (Wildman–Crippen LogP) is 2.73. The molecule has 0 aromatic heterocycles. The van der Waals surface area contributed by atoms with Gasteiger partial charge in [-0.25, -0.2) is 0 Å². The van der Waals surface area contributed by atoms with Crippen molar-refractivity contribution in [1.29, 1.82) is 0 Å². The van der Waals surface area contributed by atoms with Crippen molar-refractivity contribution in [1.82, 2.24) is 10.2 Å². The minimum atomic E-state index is -0.717. The largest absolute Gasteiger partial charge is 0.480 e. The van der Waals surface area contributed by atoms with Crippen LogP contribution in [0.5, 0.6) is 0 Å². The van der Waals surface area contributed by atoms with Gasteiger partial charge in [-0.1, -0.05) is 27.7 Å². The van der Waals surface area contributed by atoms with Crippen LogP contribution in [0.2, 0.25) is 0 Å². The van der Waals surface area contributed by atoms with Crippen LogP contribution in [0.4, 0.5) is 0 Å². The molecule has 0 aromatic rings. The highest BCUT2D eigenvalue weighted by atomic mass is 16.4. The van der Waals surface area contributed by atoms with Crippen LogP contribution >= 0.6 is 0 Å². The van der Waals surface area contributed by atoms with E-state index < -0.39 is 11.5 Å². The highest BCUT2D eigenvalue weighted by Crippen LogP contribution is 2.32. The van der Waals surface area contributed by atoms with Crippen molar-refractivity contribution in [3.63, 3.8) is 0 Å². The van der Waals surface area contributed by atoms with Gasteiger partial charge in [0.05, 0.1) is 0 Å². The summed E-state index contributed by atoms with van der Waals surface area (Å²) in [6, 6.07) is 0.364. The van der Waals surface area contributed by atoms with Crippen molar-refractivity contribution < 1.29 is 9.90 Å². The molecule has 2 atom stereocenters. The van der Waals surface area contributed by atoms with Crippen LogP contribution in [0, 0.1) is 5.41 Å². The lowest BCUT2D eigenvalue weighted by Gasteiger charge is -2.43. The van der Waals surface area contributed by atoms with Crippen molar-refractivity contribution in [3.05, 3.63) is 0 Å². The Kier molecular flexibility index (Phi) is 6.02. The Balaban J connectivity index is 2.74. The minimum absolute atomic E-state index is 0.245. The Morgan fingerprint density at radius 1 is 1.45 bits per heavy atom. The Labute approximate surface area is 123 Å². The van der Waals surface area contributed by atoms with E-state index in [1.807, 2.05) is 0 Å². The van der Waals surface area contributed by atoms with Crippen molar-refractivity contribution >= 4 is 5.97 Å². The normalized spacial score (nSPS) is 27.8. The van der Waals surface area contributed by atoms with E-state index in [9.17, 15) is 9.90 Å². The molecule has 1 fully saturated rings. The van der Waals surface area contributed by atoms with E-state index >= 15 is 0 Å². The molecule has 0 radical (unpaired) electrons. The molecular weight excluding hydrogens is 252 g/mol. The highest BCUT2D eigenvalue weighted by Gasteiger charge is 2.43. The summed E-state index contributed by atoms with van der Waals surface area (Å²) in [5, 5.41) is 13.0. The molecule has 4 heteroatoms. The summed E-state index contributed by atoms with van der Waals surface area (Å²) in [4.78, 5) is 14.1. The smallest absolute Gasteiger partial charge is 0.323 e. The maximum Gasteiger partial charge on any atom is 0.323 e. The molecule has 0 aromatic carbocycles. The van der Waals surface area contributed by atoms with Crippen LogP contribution in [0.1, 0.15) is 59.8 Å². The molecule has 20 heavy (non-hydrogen) atoms. The molecule has 0 aliphatic heterocycles. The molecule has 0 heterocycles. The monoisotopic (exact) mass is 284 g/mol. The lowest BCUT2D eigenvalue weighted by Crippen LogP contribution is -2.58. The van der Waals surface area contributed by atoms with E-state index in [0.29, 0.717) is 6.04 Å². The fourth-order valence-corrected chi connectivity index (χ4v) is 3.29. The zero-order valence-corrected chi connectivity index (χ0v) is 13.8. The summed E-state index contributed by atoms with van der Waals surface area (Å²) in [5.41, 5.74) is -0.472. The molecule has 1 rings (SSSR count). The van der Waals surface area contributed by atoms with Crippen molar-refractivity contribution in [2.24, 2.45) is 5.41 Å². The van der Waals surface area contributed by atoms with Crippen LogP contribution in [0.3, 0.4) is 0 Å². The average Bonchev–Trinajstić information content (AvgIpc) is 2.34. The first-order valence-electron chi connectivity index (χ1n) is 7.89. The van der Waals surface area contributed by atoms with E-state index in [4.69, 9.17) is 0 Å². The fraction of sp³-hybridized carbons (Fsp3) is 0.938. The standard InChI is InChI=1S/C16H32N2O2/c1-6-10-17-16(14(19)20)9-7-8-13(11-16)18(5)12-15(2,3)4/h13,17H,6-12H2,1-5H3,(H,19,20). The number of hydrogen-bond donors (Lipinski definition) is 2. The molecule has 0 amide bonds. The van der Waals surface area contributed by atoms with Gasteiger partial charge in [-0.05, 0) is 51.1 Å². The summed E-state index contributed by atoms with van der Waals surface area (Å²) < 4.78 is 0. The topological polar surface area (TPSA) is 52.6 Å². The van der Waals surface area contributed by atoms with E-state index in [2.05, 4.69) is 45.0 Å². The summed E-state index contributed by atoms with van der Waals surface area (Å²) in [5.74, 6) is -0.681. The molecule has 2 N–H and O–H groups in total. The first-order valence-corrected chi connectivity index (χ1v) is 7.89. The van der Waals surface area contributed by atoms with Crippen molar-refractivity contribution in [2.45, 2.75) is 71.4 Å². The molecule has 0 saturated heterocycles. The van der Waals surface area contributed by atoms with Gasteiger partial charge in [-0.15, -0.1) is 0 Å². The first kappa shape index (κ1) is 17.4. The second-order valence-corrected chi connectivity index (χ2v) is 7.54. The molecule has 2 unspecified atom stereocenters. The number of nitrogens with zero attached hydrogens (tertiary/aromatic N) is 1. The Morgan fingerprint density at radius 3 is 2.60 bits per heavy atom. The van der Waals surface area contributed by atoms with E-state index in [1.54, 1.807) is 0 Å². The van der Waals surface area contributed by atoms with Gasteiger partial charge in [-0.3, -0.25) is 4.79 Å². The summed E-state index contributed by atoms with van der Waals surface area (Å²) >= 11 is 0. The summed E-state index contributed by atoms with van der Waals surface area (Å²) in [6.45, 7) is 10.5. The zero-order chi connectivity index (χ0) is 15.4. The average molecular weight is 284 g/mol. The molecule has 4 nitrogen and oxygen atoms in total. The Morgan fingerprint density at radius 2 is 2.10 bits per heavy atom. The van der Waals surface area contributed by atoms with E-state index in [0.717, 1.165) is 45.2 Å². The highest BCUT2D eigenvalue weighted by molar-refractivity contribution is 5.79. The minimum Gasteiger partial charge on any atom is -0.480 e. The van der Waals surface area contributed by atoms with Gasteiger partial charge in [0.25, 0.3) is 0 Å². The number of nitrogens with one attached hydrogen (secondary N) is 1. The van der Waals surface area contributed by atoms with Gasteiger partial charge in [0, 0.05) is 12.6 Å². The number of aliphatic carboxylic acids is 1. The van der Waals surface area contributed by atoms with E-state index in [-0.39, 0.29) is 5.41 Å². The third-order valence-corrected chi connectivity index (χ3v) is 4.19. The maximum atomic E-state index is 11.8. The van der Waals surface area contributed by atoms with Gasteiger partial charge in [-0.2, -0.15) is 0 Å². The predicted molar refractivity (Wildman–Crippen MR) is 83.0 cm³/mol. The number of carboxylic acid groups (broad SMARTS) is 1. The van der Waals surface area contributed by atoms with Crippen LogP contribution in [0.25, 0.3) is 0 Å². The number of carboxylic acids is 1. The van der Waals surface area contributed by atoms with Crippen molar-refractivity contribution in [3.8, 4) is 0 Å². The lowest BCUT2D eigenvalue weighted by atomic mass is 9.78. The van der Waals surface area contributed by atoms with Gasteiger partial charge < -0.3 is 15.3 Å². The zero-order valence-electron chi connectivity index (χ0n) is 13.8. The lowest BCUT2D eigenvalue weighted by molar-refractivity contribution is -0.147. The molecule has 1 saturated carbocycles. The molecular formula is C16H32N2O2. The molecule has 1 aliphatic rings. The Bertz CT molecular complexity index is 325.